The lowest BCUT2D eigenvalue weighted by Gasteiger charge is -2.28. The first-order valence-corrected chi connectivity index (χ1v) is 6.50. The van der Waals surface area contributed by atoms with Crippen molar-refractivity contribution in [2.75, 3.05) is 13.2 Å². The number of aromatic amines is 1. The lowest BCUT2D eigenvalue weighted by atomic mass is 10.1. The zero-order valence-electron chi connectivity index (χ0n) is 11.3. The fraction of sp³-hybridized carbons (Fsp3) is 0.750. The van der Waals surface area contributed by atoms with Crippen molar-refractivity contribution < 1.29 is 9.90 Å². The summed E-state index contributed by atoms with van der Waals surface area (Å²) in [4.78, 5) is 18.1. The van der Waals surface area contributed by atoms with Crippen molar-refractivity contribution in [3.05, 3.63) is 11.6 Å². The van der Waals surface area contributed by atoms with Gasteiger partial charge in [0.1, 0.15) is 5.82 Å². The third-order valence-electron chi connectivity index (χ3n) is 3.04. The van der Waals surface area contributed by atoms with Gasteiger partial charge >= 0.3 is 0 Å². The van der Waals surface area contributed by atoms with Crippen molar-refractivity contribution in [3.8, 4) is 0 Å². The molecule has 0 radical (unpaired) electrons. The van der Waals surface area contributed by atoms with E-state index < -0.39 is 0 Å². The van der Waals surface area contributed by atoms with Crippen molar-refractivity contribution in [2.24, 2.45) is 0 Å². The molecule has 0 unspecified atom stereocenters. The van der Waals surface area contributed by atoms with Gasteiger partial charge in [-0.25, -0.2) is 4.98 Å². The second kappa shape index (κ2) is 7.10. The van der Waals surface area contributed by atoms with Gasteiger partial charge in [-0.2, -0.15) is 0 Å². The first-order valence-electron chi connectivity index (χ1n) is 6.50. The molecule has 1 heterocycles. The van der Waals surface area contributed by atoms with Crippen LogP contribution >= 0.6 is 0 Å². The van der Waals surface area contributed by atoms with E-state index in [4.69, 9.17) is 5.11 Å². The SMILES string of the molecule is CCc1nc(C(=O)N(CCO)C(CC)CC)n[nH]1. The zero-order valence-corrected chi connectivity index (χ0v) is 11.3. The number of nitrogens with one attached hydrogen (secondary N) is 1. The maximum Gasteiger partial charge on any atom is 0.293 e. The third kappa shape index (κ3) is 3.29. The minimum Gasteiger partial charge on any atom is -0.395 e. The monoisotopic (exact) mass is 254 g/mol. The number of carbonyl (C=O) groups excluding carboxylic acids is 1. The van der Waals surface area contributed by atoms with E-state index in [1.54, 1.807) is 4.90 Å². The lowest BCUT2D eigenvalue weighted by molar-refractivity contribution is 0.0610. The van der Waals surface area contributed by atoms with Crippen LogP contribution in [-0.4, -0.2) is 50.3 Å². The molecule has 102 valence electrons. The van der Waals surface area contributed by atoms with Gasteiger partial charge in [0.2, 0.25) is 5.82 Å². The first-order chi connectivity index (χ1) is 8.67. The van der Waals surface area contributed by atoms with Gasteiger partial charge in [-0.1, -0.05) is 20.8 Å². The standard InChI is InChI=1S/C12H22N4O2/c1-4-9(5-2)16(7-8-17)12(18)11-13-10(6-3)14-15-11/h9,17H,4-8H2,1-3H3,(H,13,14,15). The van der Waals surface area contributed by atoms with Crippen LogP contribution in [0.15, 0.2) is 0 Å². The molecule has 0 aliphatic carbocycles. The van der Waals surface area contributed by atoms with Crippen LogP contribution in [-0.2, 0) is 6.42 Å². The van der Waals surface area contributed by atoms with Crippen molar-refractivity contribution in [2.45, 2.75) is 46.1 Å². The Morgan fingerprint density at radius 1 is 1.39 bits per heavy atom. The van der Waals surface area contributed by atoms with Crippen LogP contribution in [0.4, 0.5) is 0 Å². The Morgan fingerprint density at radius 2 is 2.06 bits per heavy atom. The molecule has 6 heteroatoms. The smallest absolute Gasteiger partial charge is 0.293 e. The molecule has 18 heavy (non-hydrogen) atoms. The molecule has 2 N–H and O–H groups in total. The largest absolute Gasteiger partial charge is 0.395 e. The second-order valence-corrected chi connectivity index (χ2v) is 4.15. The fourth-order valence-electron chi connectivity index (χ4n) is 1.96. The lowest BCUT2D eigenvalue weighted by Crippen LogP contribution is -2.42. The van der Waals surface area contributed by atoms with Gasteiger partial charge in [-0.3, -0.25) is 9.89 Å². The van der Waals surface area contributed by atoms with E-state index in [0.29, 0.717) is 18.8 Å². The topological polar surface area (TPSA) is 82.1 Å². The maximum atomic E-state index is 12.3. The molecule has 0 bridgehead atoms. The Balaban J connectivity index is 2.87. The van der Waals surface area contributed by atoms with Crippen molar-refractivity contribution >= 4 is 5.91 Å². The number of hydrogen-bond acceptors (Lipinski definition) is 4. The molecule has 0 aliphatic rings. The second-order valence-electron chi connectivity index (χ2n) is 4.15. The summed E-state index contributed by atoms with van der Waals surface area (Å²) in [5, 5.41) is 15.8. The quantitative estimate of drug-likeness (QED) is 0.760. The molecule has 1 amide bonds. The van der Waals surface area contributed by atoms with E-state index in [9.17, 15) is 4.79 Å². The van der Waals surface area contributed by atoms with Crippen molar-refractivity contribution in [1.29, 1.82) is 0 Å². The normalized spacial score (nSPS) is 10.9. The summed E-state index contributed by atoms with van der Waals surface area (Å²) in [5.41, 5.74) is 0. The van der Waals surface area contributed by atoms with Crippen LogP contribution in [0, 0.1) is 0 Å². The van der Waals surface area contributed by atoms with Gasteiger partial charge in [-0.15, -0.1) is 5.10 Å². The number of aromatic nitrogens is 3. The maximum absolute atomic E-state index is 12.3. The Morgan fingerprint density at radius 3 is 2.50 bits per heavy atom. The van der Waals surface area contributed by atoms with Gasteiger partial charge in [0.25, 0.3) is 5.91 Å². The molecular weight excluding hydrogens is 232 g/mol. The fourth-order valence-corrected chi connectivity index (χ4v) is 1.96. The number of H-pyrrole nitrogens is 1. The predicted molar refractivity (Wildman–Crippen MR) is 68.3 cm³/mol. The van der Waals surface area contributed by atoms with Gasteiger partial charge in [0, 0.05) is 19.0 Å². The number of nitrogens with zero attached hydrogens (tertiary/aromatic N) is 3. The zero-order chi connectivity index (χ0) is 13.5. The van der Waals surface area contributed by atoms with Crippen LogP contribution in [0.5, 0.6) is 0 Å². The minimum atomic E-state index is -0.214. The average molecular weight is 254 g/mol. The number of carbonyl (C=O) groups is 1. The number of rotatable bonds is 7. The highest BCUT2D eigenvalue weighted by atomic mass is 16.3. The van der Waals surface area contributed by atoms with Gasteiger partial charge < -0.3 is 10.0 Å². The summed E-state index contributed by atoms with van der Waals surface area (Å²) < 4.78 is 0. The molecular formula is C12H22N4O2. The first kappa shape index (κ1) is 14.6. The molecule has 0 fully saturated rings. The Labute approximate surface area is 107 Å². The highest BCUT2D eigenvalue weighted by molar-refractivity contribution is 5.90. The van der Waals surface area contributed by atoms with E-state index in [0.717, 1.165) is 12.8 Å². The molecule has 1 aromatic heterocycles. The molecule has 1 aromatic rings. The molecule has 6 nitrogen and oxygen atoms in total. The van der Waals surface area contributed by atoms with E-state index >= 15 is 0 Å². The summed E-state index contributed by atoms with van der Waals surface area (Å²) in [7, 11) is 0. The number of aliphatic hydroxyl groups is 1. The summed E-state index contributed by atoms with van der Waals surface area (Å²) in [5.74, 6) is 0.674. The van der Waals surface area contributed by atoms with E-state index in [-0.39, 0.29) is 24.4 Å². The Hall–Kier alpha value is -1.43. The summed E-state index contributed by atoms with van der Waals surface area (Å²) in [6, 6.07) is 0.119. The molecule has 0 saturated carbocycles. The van der Waals surface area contributed by atoms with Crippen LogP contribution in [0.2, 0.25) is 0 Å². The molecule has 0 aliphatic heterocycles. The van der Waals surface area contributed by atoms with Crippen LogP contribution in [0.3, 0.4) is 0 Å². The molecule has 1 rings (SSSR count). The number of aliphatic hydroxyl groups excluding tert-OH is 1. The highest BCUT2D eigenvalue weighted by Gasteiger charge is 2.24. The van der Waals surface area contributed by atoms with Crippen molar-refractivity contribution in [1.82, 2.24) is 20.1 Å². The predicted octanol–water partition coefficient (Wildman–Crippen LogP) is 0.990. The van der Waals surface area contributed by atoms with Gasteiger partial charge in [0.15, 0.2) is 0 Å². The van der Waals surface area contributed by atoms with Crippen LogP contribution < -0.4 is 0 Å². The number of hydrogen-bond donors (Lipinski definition) is 2. The molecule has 0 spiro atoms. The Bertz CT molecular complexity index is 374. The van der Waals surface area contributed by atoms with Gasteiger partial charge in [0.05, 0.1) is 6.61 Å². The van der Waals surface area contributed by atoms with E-state index in [2.05, 4.69) is 15.2 Å². The van der Waals surface area contributed by atoms with Crippen LogP contribution in [0.1, 0.15) is 50.1 Å². The minimum absolute atomic E-state index is 0.0483. The number of amides is 1. The average Bonchev–Trinajstić information content (AvgIpc) is 2.87. The number of aryl methyl sites for hydroxylation is 1. The van der Waals surface area contributed by atoms with Gasteiger partial charge in [-0.05, 0) is 12.8 Å². The molecule has 0 aromatic carbocycles. The molecule has 0 atom stereocenters. The Kier molecular flexibility index (Phi) is 5.77. The summed E-state index contributed by atoms with van der Waals surface area (Å²) in [6.07, 6.45) is 2.42. The summed E-state index contributed by atoms with van der Waals surface area (Å²) in [6.45, 7) is 6.28. The van der Waals surface area contributed by atoms with E-state index in [1.807, 2.05) is 20.8 Å². The van der Waals surface area contributed by atoms with E-state index in [1.165, 1.54) is 0 Å². The summed E-state index contributed by atoms with van der Waals surface area (Å²) >= 11 is 0. The highest BCUT2D eigenvalue weighted by Crippen LogP contribution is 2.11. The molecule has 0 saturated heterocycles. The third-order valence-corrected chi connectivity index (χ3v) is 3.04. The van der Waals surface area contributed by atoms with Crippen molar-refractivity contribution in [3.63, 3.8) is 0 Å². The van der Waals surface area contributed by atoms with Crippen LogP contribution in [0.25, 0.3) is 0 Å².